The Morgan fingerprint density at radius 2 is 2.00 bits per heavy atom. The van der Waals surface area contributed by atoms with Crippen LogP contribution in [-0.2, 0) is 11.3 Å². The molecule has 26 heavy (non-hydrogen) atoms. The predicted octanol–water partition coefficient (Wildman–Crippen LogP) is 3.93. The third-order valence-corrected chi connectivity index (χ3v) is 4.47. The number of para-hydroxylation sites is 2. The molecule has 3 aromatic rings. The van der Waals surface area contributed by atoms with Gasteiger partial charge in [-0.1, -0.05) is 24.3 Å². The predicted molar refractivity (Wildman–Crippen MR) is 103 cm³/mol. The highest BCUT2D eigenvalue weighted by molar-refractivity contribution is 5.79. The zero-order valence-corrected chi connectivity index (χ0v) is 15.7. The first kappa shape index (κ1) is 18.0. The number of rotatable bonds is 6. The van der Waals surface area contributed by atoms with Crippen LogP contribution in [0.1, 0.15) is 36.8 Å². The van der Waals surface area contributed by atoms with Crippen LogP contribution < -0.4 is 10.1 Å². The molecule has 136 valence electrons. The Hall–Kier alpha value is -2.82. The molecule has 0 spiro atoms. The lowest BCUT2D eigenvalue weighted by Gasteiger charge is -2.16. The summed E-state index contributed by atoms with van der Waals surface area (Å²) in [6, 6.07) is 13.8. The van der Waals surface area contributed by atoms with Gasteiger partial charge in [-0.05, 0) is 57.0 Å². The quantitative estimate of drug-likeness (QED) is 0.732. The van der Waals surface area contributed by atoms with E-state index >= 15 is 0 Å². The lowest BCUT2D eigenvalue weighted by atomic mass is 10.1. The molecule has 5 heteroatoms. The highest BCUT2D eigenvalue weighted by Gasteiger charge is 2.18. The molecule has 0 radical (unpaired) electrons. The van der Waals surface area contributed by atoms with Crippen LogP contribution in [0.2, 0.25) is 0 Å². The second kappa shape index (κ2) is 7.60. The van der Waals surface area contributed by atoms with Crippen LogP contribution in [-0.4, -0.2) is 22.1 Å². The van der Waals surface area contributed by atoms with Crippen molar-refractivity contribution in [2.24, 2.45) is 0 Å². The molecule has 0 fully saturated rings. The number of hydrogen-bond donors (Lipinski definition) is 1. The molecule has 1 amide bonds. The normalized spacial score (nSPS) is 12.2. The number of carbonyl (C=O) groups excluding carboxylic acids is 1. The molecule has 0 saturated heterocycles. The maximum Gasteiger partial charge on any atom is 0.258 e. The van der Waals surface area contributed by atoms with Crippen molar-refractivity contribution in [1.82, 2.24) is 14.9 Å². The number of imidazole rings is 1. The average Bonchev–Trinajstić information content (AvgIpc) is 3.01. The molecular formula is C21H25N3O2. The maximum absolute atomic E-state index is 12.3. The number of carbonyl (C=O) groups is 1. The van der Waals surface area contributed by atoms with Crippen LogP contribution in [0, 0.1) is 13.8 Å². The first-order valence-corrected chi connectivity index (χ1v) is 8.94. The molecule has 1 aromatic heterocycles. The Morgan fingerprint density at radius 1 is 1.23 bits per heavy atom. The van der Waals surface area contributed by atoms with E-state index in [1.807, 2.05) is 63.2 Å². The van der Waals surface area contributed by atoms with Crippen molar-refractivity contribution in [2.45, 2.75) is 40.3 Å². The van der Waals surface area contributed by atoms with Gasteiger partial charge in [-0.25, -0.2) is 4.98 Å². The molecule has 0 aliphatic carbocycles. The van der Waals surface area contributed by atoms with Crippen LogP contribution in [0.4, 0.5) is 0 Å². The van der Waals surface area contributed by atoms with Crippen molar-refractivity contribution < 1.29 is 9.53 Å². The average molecular weight is 351 g/mol. The zero-order chi connectivity index (χ0) is 18.7. The van der Waals surface area contributed by atoms with Crippen LogP contribution in [0.25, 0.3) is 11.0 Å². The third-order valence-electron chi connectivity index (χ3n) is 4.47. The summed E-state index contributed by atoms with van der Waals surface area (Å²) in [5.74, 6) is 1.44. The molecule has 5 nitrogen and oxygen atoms in total. The van der Waals surface area contributed by atoms with Gasteiger partial charge in [0, 0.05) is 6.54 Å². The highest BCUT2D eigenvalue weighted by Crippen LogP contribution is 2.21. The molecule has 3 rings (SSSR count). The van der Waals surface area contributed by atoms with E-state index in [1.54, 1.807) is 0 Å². The first-order chi connectivity index (χ1) is 12.5. The van der Waals surface area contributed by atoms with Gasteiger partial charge in [-0.3, -0.25) is 4.79 Å². The lowest BCUT2D eigenvalue weighted by molar-refractivity contribution is -0.123. The van der Waals surface area contributed by atoms with Crippen molar-refractivity contribution in [2.75, 3.05) is 6.61 Å². The number of ether oxygens (including phenoxy) is 1. The minimum absolute atomic E-state index is 0.0129. The largest absolute Gasteiger partial charge is 0.483 e. The van der Waals surface area contributed by atoms with Crippen LogP contribution in [0.15, 0.2) is 42.5 Å². The summed E-state index contributed by atoms with van der Waals surface area (Å²) in [4.78, 5) is 17.0. The fourth-order valence-electron chi connectivity index (χ4n) is 3.11. The van der Waals surface area contributed by atoms with Crippen LogP contribution >= 0.6 is 0 Å². The van der Waals surface area contributed by atoms with Crippen molar-refractivity contribution in [1.29, 1.82) is 0 Å². The summed E-state index contributed by atoms with van der Waals surface area (Å²) in [5, 5.41) is 2.99. The van der Waals surface area contributed by atoms with Crippen molar-refractivity contribution in [3.8, 4) is 5.75 Å². The van der Waals surface area contributed by atoms with Gasteiger partial charge in [0.05, 0.1) is 17.1 Å². The van der Waals surface area contributed by atoms with Crippen molar-refractivity contribution in [3.63, 3.8) is 0 Å². The summed E-state index contributed by atoms with van der Waals surface area (Å²) < 4.78 is 7.82. The fraction of sp³-hybridized carbons (Fsp3) is 0.333. The van der Waals surface area contributed by atoms with E-state index in [-0.39, 0.29) is 18.6 Å². The second-order valence-electron chi connectivity index (χ2n) is 6.55. The summed E-state index contributed by atoms with van der Waals surface area (Å²) in [6.07, 6.45) is 0. The minimum Gasteiger partial charge on any atom is -0.483 e. The Bertz CT molecular complexity index is 930. The maximum atomic E-state index is 12.3. The monoisotopic (exact) mass is 351 g/mol. The molecule has 0 aliphatic heterocycles. The van der Waals surface area contributed by atoms with Crippen molar-refractivity contribution >= 4 is 16.9 Å². The molecule has 0 aliphatic rings. The van der Waals surface area contributed by atoms with E-state index in [9.17, 15) is 4.79 Å². The van der Waals surface area contributed by atoms with Gasteiger partial charge in [-0.2, -0.15) is 0 Å². The summed E-state index contributed by atoms with van der Waals surface area (Å²) in [5.41, 5.74) is 4.15. The van der Waals surface area contributed by atoms with E-state index in [0.717, 1.165) is 40.3 Å². The molecule has 1 N–H and O–H groups in total. The Labute approximate surface area is 154 Å². The van der Waals surface area contributed by atoms with E-state index in [1.165, 1.54) is 0 Å². The molecular weight excluding hydrogens is 326 g/mol. The number of aryl methyl sites for hydroxylation is 3. The Morgan fingerprint density at radius 3 is 2.77 bits per heavy atom. The molecule has 0 bridgehead atoms. The van der Waals surface area contributed by atoms with Crippen LogP contribution in [0.3, 0.4) is 0 Å². The van der Waals surface area contributed by atoms with Gasteiger partial charge < -0.3 is 14.6 Å². The lowest BCUT2D eigenvalue weighted by Crippen LogP contribution is -2.32. The molecule has 2 aromatic carbocycles. The van der Waals surface area contributed by atoms with Gasteiger partial charge in [0.15, 0.2) is 6.61 Å². The first-order valence-electron chi connectivity index (χ1n) is 8.94. The second-order valence-corrected chi connectivity index (χ2v) is 6.55. The number of nitrogens with one attached hydrogen (secondary N) is 1. The number of nitrogens with zero attached hydrogens (tertiary/aromatic N) is 2. The van der Waals surface area contributed by atoms with E-state index < -0.39 is 0 Å². The Kier molecular flexibility index (Phi) is 5.26. The minimum atomic E-state index is -0.197. The highest BCUT2D eigenvalue weighted by atomic mass is 16.5. The summed E-state index contributed by atoms with van der Waals surface area (Å²) in [6.45, 7) is 8.79. The number of fused-ring (bicyclic) bond motifs is 1. The summed E-state index contributed by atoms with van der Waals surface area (Å²) >= 11 is 0. The number of amides is 1. The topological polar surface area (TPSA) is 56.2 Å². The molecule has 1 atom stereocenters. The van der Waals surface area contributed by atoms with Gasteiger partial charge in [0.2, 0.25) is 0 Å². The number of benzene rings is 2. The van der Waals surface area contributed by atoms with Gasteiger partial charge >= 0.3 is 0 Å². The smallest absolute Gasteiger partial charge is 0.258 e. The Balaban J connectivity index is 1.69. The number of aromatic nitrogens is 2. The van der Waals surface area contributed by atoms with Crippen molar-refractivity contribution in [3.05, 3.63) is 59.4 Å². The van der Waals surface area contributed by atoms with Gasteiger partial charge in [0.25, 0.3) is 5.91 Å². The van der Waals surface area contributed by atoms with Gasteiger partial charge in [-0.15, -0.1) is 0 Å². The van der Waals surface area contributed by atoms with E-state index in [2.05, 4.69) is 21.8 Å². The zero-order valence-electron chi connectivity index (χ0n) is 15.7. The number of hydrogen-bond acceptors (Lipinski definition) is 3. The van der Waals surface area contributed by atoms with E-state index in [0.29, 0.717) is 0 Å². The fourth-order valence-corrected chi connectivity index (χ4v) is 3.11. The standard InChI is InChI=1S/C21H25N3O2/c1-5-24-18-9-7-6-8-17(18)23-21(24)16(4)22-20(25)13-26-19-12-14(2)10-11-15(19)3/h6-12,16H,5,13H2,1-4H3,(H,22,25). The SMILES string of the molecule is CCn1c(C(C)NC(=O)COc2cc(C)ccc2C)nc2ccccc21. The van der Waals surface area contributed by atoms with Crippen LogP contribution in [0.5, 0.6) is 5.75 Å². The van der Waals surface area contributed by atoms with E-state index in [4.69, 9.17) is 4.74 Å². The molecule has 0 saturated carbocycles. The van der Waals surface area contributed by atoms with Gasteiger partial charge in [0.1, 0.15) is 11.6 Å². The third kappa shape index (κ3) is 3.72. The summed E-state index contributed by atoms with van der Waals surface area (Å²) in [7, 11) is 0. The molecule has 1 heterocycles. The molecule has 1 unspecified atom stereocenters.